The van der Waals surface area contributed by atoms with E-state index < -0.39 is 11.9 Å². The van der Waals surface area contributed by atoms with Crippen molar-refractivity contribution in [2.75, 3.05) is 31.1 Å². The lowest BCUT2D eigenvalue weighted by atomic mass is 10.1. The average Bonchev–Trinajstić information content (AvgIpc) is 3.29. The van der Waals surface area contributed by atoms with Crippen LogP contribution in [0.1, 0.15) is 25.5 Å². The van der Waals surface area contributed by atoms with E-state index in [1.54, 1.807) is 17.1 Å². The Bertz CT molecular complexity index is 787. The largest absolute Gasteiger partial charge is 0.433 e. The van der Waals surface area contributed by atoms with Gasteiger partial charge < -0.3 is 4.90 Å². The molecule has 2 aromatic rings. The molecule has 2 fully saturated rings. The highest BCUT2D eigenvalue weighted by molar-refractivity contribution is 5.59. The minimum Gasteiger partial charge on any atom is -0.338 e. The van der Waals surface area contributed by atoms with E-state index in [4.69, 9.17) is 0 Å². The zero-order valence-corrected chi connectivity index (χ0v) is 14.6. The maximum atomic E-state index is 13.4. The third-order valence-corrected chi connectivity index (χ3v) is 5.13. The van der Waals surface area contributed by atoms with Crippen LogP contribution in [0.5, 0.6) is 0 Å². The summed E-state index contributed by atoms with van der Waals surface area (Å²) >= 11 is 0. The molecule has 140 valence electrons. The van der Waals surface area contributed by atoms with Crippen molar-refractivity contribution < 1.29 is 13.2 Å². The summed E-state index contributed by atoms with van der Waals surface area (Å²) in [5, 5.41) is 4.14. The van der Waals surface area contributed by atoms with E-state index in [-0.39, 0.29) is 11.6 Å². The van der Waals surface area contributed by atoms with Crippen molar-refractivity contribution in [1.29, 1.82) is 0 Å². The molecule has 2 saturated heterocycles. The van der Waals surface area contributed by atoms with Gasteiger partial charge in [0.25, 0.3) is 0 Å². The second-order valence-corrected chi connectivity index (χ2v) is 6.80. The van der Waals surface area contributed by atoms with E-state index in [1.165, 1.54) is 0 Å². The normalized spacial score (nSPS) is 21.2. The Balaban J connectivity index is 1.70. The minimum absolute atomic E-state index is 0.158. The molecule has 2 aromatic heterocycles. The van der Waals surface area contributed by atoms with Crippen molar-refractivity contribution in [2.45, 2.75) is 38.5 Å². The van der Waals surface area contributed by atoms with Gasteiger partial charge in [0.15, 0.2) is 5.69 Å². The van der Waals surface area contributed by atoms with Crippen LogP contribution < -0.4 is 4.90 Å². The fourth-order valence-corrected chi connectivity index (χ4v) is 3.71. The molecule has 4 rings (SSSR count). The molecule has 0 aliphatic carbocycles. The van der Waals surface area contributed by atoms with E-state index in [9.17, 15) is 13.2 Å². The molecule has 1 atom stereocenters. The van der Waals surface area contributed by atoms with Gasteiger partial charge >= 0.3 is 6.18 Å². The lowest BCUT2D eigenvalue weighted by Crippen LogP contribution is -2.50. The summed E-state index contributed by atoms with van der Waals surface area (Å²) in [7, 11) is 0. The van der Waals surface area contributed by atoms with Gasteiger partial charge in [0.05, 0.1) is 11.9 Å². The van der Waals surface area contributed by atoms with Crippen molar-refractivity contribution in [2.24, 2.45) is 0 Å². The number of rotatable bonds is 3. The average molecular weight is 366 g/mol. The predicted octanol–water partition coefficient (Wildman–Crippen LogP) is 2.66. The van der Waals surface area contributed by atoms with Gasteiger partial charge in [-0.05, 0) is 32.4 Å². The van der Waals surface area contributed by atoms with Crippen molar-refractivity contribution in [3.63, 3.8) is 0 Å². The van der Waals surface area contributed by atoms with Crippen LogP contribution in [0.15, 0.2) is 18.5 Å². The van der Waals surface area contributed by atoms with Gasteiger partial charge in [-0.25, -0.2) is 9.97 Å². The summed E-state index contributed by atoms with van der Waals surface area (Å²) in [5.74, 6) is 0.158. The first-order chi connectivity index (χ1) is 12.4. The molecular formula is C17H21F3N6. The van der Waals surface area contributed by atoms with Gasteiger partial charge in [0.1, 0.15) is 0 Å². The molecule has 0 amide bonds. The Kier molecular flexibility index (Phi) is 4.34. The van der Waals surface area contributed by atoms with Crippen LogP contribution in [0.4, 0.5) is 19.1 Å². The molecule has 0 N–H and O–H groups in total. The number of hydrogen-bond acceptors (Lipinski definition) is 5. The third-order valence-electron chi connectivity index (χ3n) is 5.13. The molecule has 2 aliphatic rings. The molecule has 0 bridgehead atoms. The van der Waals surface area contributed by atoms with Gasteiger partial charge in [0.2, 0.25) is 5.95 Å². The van der Waals surface area contributed by atoms with Crippen LogP contribution in [0.2, 0.25) is 0 Å². The van der Waals surface area contributed by atoms with Crippen molar-refractivity contribution in [1.82, 2.24) is 24.6 Å². The van der Waals surface area contributed by atoms with Gasteiger partial charge in [-0.15, -0.1) is 0 Å². The van der Waals surface area contributed by atoms with Gasteiger partial charge in [0, 0.05) is 44.0 Å². The van der Waals surface area contributed by atoms with Gasteiger partial charge in [-0.3, -0.25) is 9.58 Å². The quantitative estimate of drug-likeness (QED) is 0.836. The zero-order valence-electron chi connectivity index (χ0n) is 14.6. The Hall–Kier alpha value is -2.16. The van der Waals surface area contributed by atoms with Crippen molar-refractivity contribution in [3.8, 4) is 11.3 Å². The zero-order chi connectivity index (χ0) is 18.3. The van der Waals surface area contributed by atoms with E-state index in [0.29, 0.717) is 31.2 Å². The number of halogens is 3. The molecule has 0 unspecified atom stereocenters. The SMILES string of the molecule is CCn1cc(-c2cc(C(F)(F)F)nc(N3CCN4CCC[C@H]4C3)n2)cn1. The minimum atomic E-state index is -4.51. The van der Waals surface area contributed by atoms with E-state index in [0.717, 1.165) is 32.0 Å². The van der Waals surface area contributed by atoms with Crippen LogP contribution in [0.3, 0.4) is 0 Å². The highest BCUT2D eigenvalue weighted by Gasteiger charge is 2.36. The second-order valence-electron chi connectivity index (χ2n) is 6.80. The number of hydrogen-bond donors (Lipinski definition) is 0. The first-order valence-corrected chi connectivity index (χ1v) is 8.92. The topological polar surface area (TPSA) is 50.1 Å². The smallest absolute Gasteiger partial charge is 0.338 e. The summed E-state index contributed by atoms with van der Waals surface area (Å²) in [5.41, 5.74) is -0.0769. The molecule has 4 heterocycles. The molecule has 6 nitrogen and oxygen atoms in total. The molecule has 0 radical (unpaired) electrons. The first-order valence-electron chi connectivity index (χ1n) is 8.92. The molecule has 2 aliphatic heterocycles. The van der Waals surface area contributed by atoms with E-state index in [2.05, 4.69) is 20.0 Å². The summed E-state index contributed by atoms with van der Waals surface area (Å²) in [6, 6.07) is 1.39. The standard InChI is InChI=1S/C17H21F3N6/c1-2-26-10-12(9-21-26)14-8-15(17(18,19)20)23-16(22-14)25-7-6-24-5-3-4-13(24)11-25/h8-10,13H,2-7,11H2,1H3/t13-/m0/s1. The number of aromatic nitrogens is 4. The number of fused-ring (bicyclic) bond motifs is 1. The number of anilines is 1. The predicted molar refractivity (Wildman–Crippen MR) is 90.7 cm³/mol. The first kappa shape index (κ1) is 17.3. The Morgan fingerprint density at radius 2 is 2.04 bits per heavy atom. The molecule has 0 aromatic carbocycles. The number of aryl methyl sites for hydroxylation is 1. The summed E-state index contributed by atoms with van der Waals surface area (Å²) in [6.45, 7) is 5.80. The molecule has 26 heavy (non-hydrogen) atoms. The van der Waals surface area contributed by atoms with Crippen molar-refractivity contribution >= 4 is 5.95 Å². The molecule has 0 saturated carbocycles. The van der Waals surface area contributed by atoms with Crippen molar-refractivity contribution in [3.05, 3.63) is 24.2 Å². The summed E-state index contributed by atoms with van der Waals surface area (Å²) < 4.78 is 41.8. The number of nitrogens with zero attached hydrogens (tertiary/aromatic N) is 6. The monoisotopic (exact) mass is 366 g/mol. The molecule has 0 spiro atoms. The second kappa shape index (κ2) is 6.53. The van der Waals surface area contributed by atoms with Crippen LogP contribution in [0.25, 0.3) is 11.3 Å². The lowest BCUT2D eigenvalue weighted by Gasteiger charge is -2.37. The van der Waals surface area contributed by atoms with Gasteiger partial charge in [-0.2, -0.15) is 18.3 Å². The Labute approximate surface area is 149 Å². The third kappa shape index (κ3) is 3.27. The summed E-state index contributed by atoms with van der Waals surface area (Å²) in [4.78, 5) is 12.6. The fraction of sp³-hybridized carbons (Fsp3) is 0.588. The lowest BCUT2D eigenvalue weighted by molar-refractivity contribution is -0.141. The van der Waals surface area contributed by atoms with Crippen LogP contribution in [-0.4, -0.2) is 56.9 Å². The Morgan fingerprint density at radius 1 is 1.19 bits per heavy atom. The number of piperazine rings is 1. The van der Waals surface area contributed by atoms with E-state index in [1.807, 2.05) is 11.8 Å². The highest BCUT2D eigenvalue weighted by Crippen LogP contribution is 2.32. The maximum absolute atomic E-state index is 13.4. The van der Waals surface area contributed by atoms with Crippen LogP contribution in [0, 0.1) is 0 Å². The van der Waals surface area contributed by atoms with Crippen LogP contribution in [-0.2, 0) is 12.7 Å². The molecular weight excluding hydrogens is 345 g/mol. The molecule has 9 heteroatoms. The highest BCUT2D eigenvalue weighted by atomic mass is 19.4. The Morgan fingerprint density at radius 3 is 2.77 bits per heavy atom. The van der Waals surface area contributed by atoms with Gasteiger partial charge in [-0.1, -0.05) is 0 Å². The maximum Gasteiger partial charge on any atom is 0.433 e. The van der Waals surface area contributed by atoms with E-state index >= 15 is 0 Å². The summed E-state index contributed by atoms with van der Waals surface area (Å²) in [6.07, 6.45) is 0.962. The van der Waals surface area contributed by atoms with Crippen LogP contribution >= 0.6 is 0 Å². The number of alkyl halides is 3. The fourth-order valence-electron chi connectivity index (χ4n) is 3.71.